The number of ether oxygens (including phenoxy) is 1. The summed E-state index contributed by atoms with van der Waals surface area (Å²) in [5, 5.41) is 8.95. The van der Waals surface area contributed by atoms with Crippen LogP contribution in [0.4, 0.5) is 0 Å². The molecule has 1 unspecified atom stereocenters. The van der Waals surface area contributed by atoms with Crippen molar-refractivity contribution in [2.75, 3.05) is 13.7 Å². The van der Waals surface area contributed by atoms with Crippen LogP contribution in [0.3, 0.4) is 0 Å². The molecule has 0 bridgehead atoms. The Labute approximate surface area is 123 Å². The summed E-state index contributed by atoms with van der Waals surface area (Å²) in [5.41, 5.74) is 0. The van der Waals surface area contributed by atoms with Gasteiger partial charge < -0.3 is 9.84 Å². The topological polar surface area (TPSA) is 96.8 Å². The Morgan fingerprint density at radius 3 is 2.90 bits per heavy atom. The molecule has 1 aliphatic rings. The number of carboxylic acid groups (broad SMARTS) is 1. The summed E-state index contributed by atoms with van der Waals surface area (Å²) in [4.78, 5) is 14.8. The van der Waals surface area contributed by atoms with Gasteiger partial charge in [-0.2, -0.15) is 4.31 Å². The first-order chi connectivity index (χ1) is 9.95. The van der Waals surface area contributed by atoms with Crippen molar-refractivity contribution < 1.29 is 23.1 Å². The van der Waals surface area contributed by atoms with E-state index in [4.69, 9.17) is 9.84 Å². The lowest BCUT2D eigenvalue weighted by Gasteiger charge is -2.33. The van der Waals surface area contributed by atoms with E-state index in [0.29, 0.717) is 18.7 Å². The predicted octanol–water partition coefficient (Wildman–Crippen LogP) is 1.11. The number of hydrogen-bond acceptors (Lipinski definition) is 5. The molecule has 8 heteroatoms. The molecule has 21 heavy (non-hydrogen) atoms. The number of aliphatic carboxylic acids is 1. The quantitative estimate of drug-likeness (QED) is 0.874. The van der Waals surface area contributed by atoms with E-state index in [0.717, 1.165) is 12.8 Å². The van der Waals surface area contributed by atoms with Gasteiger partial charge in [0.2, 0.25) is 10.0 Å². The van der Waals surface area contributed by atoms with E-state index < -0.39 is 22.0 Å². The van der Waals surface area contributed by atoms with E-state index in [2.05, 4.69) is 4.98 Å². The van der Waals surface area contributed by atoms with Crippen molar-refractivity contribution in [2.45, 2.75) is 36.6 Å². The molecule has 2 rings (SSSR count). The van der Waals surface area contributed by atoms with Gasteiger partial charge in [-0.25, -0.2) is 8.42 Å². The molecule has 7 nitrogen and oxygen atoms in total. The van der Waals surface area contributed by atoms with Gasteiger partial charge in [0.25, 0.3) is 0 Å². The van der Waals surface area contributed by atoms with Crippen LogP contribution < -0.4 is 4.74 Å². The molecule has 1 aromatic rings. The standard InChI is InChI=1S/C13H18N2O5S/c1-20-11-7-12(9-14-8-11)21(18,19)15-5-3-2-4-10(15)6-13(16)17/h7-10H,2-6H2,1H3,(H,16,17). The summed E-state index contributed by atoms with van der Waals surface area (Å²) in [6.07, 6.45) is 4.61. The van der Waals surface area contributed by atoms with E-state index in [1.807, 2.05) is 0 Å². The Morgan fingerprint density at radius 2 is 2.24 bits per heavy atom. The maximum Gasteiger partial charge on any atom is 0.304 e. The molecule has 1 aliphatic heterocycles. The molecule has 1 fully saturated rings. The maximum atomic E-state index is 12.7. The van der Waals surface area contributed by atoms with Gasteiger partial charge in [-0.05, 0) is 12.8 Å². The average molecular weight is 314 g/mol. The number of piperidine rings is 1. The van der Waals surface area contributed by atoms with Crippen molar-refractivity contribution in [1.29, 1.82) is 0 Å². The molecule has 1 atom stereocenters. The highest BCUT2D eigenvalue weighted by molar-refractivity contribution is 7.89. The number of nitrogens with zero attached hydrogens (tertiary/aromatic N) is 2. The molecule has 0 amide bonds. The van der Waals surface area contributed by atoms with E-state index in [9.17, 15) is 13.2 Å². The van der Waals surface area contributed by atoms with Crippen molar-refractivity contribution >= 4 is 16.0 Å². The predicted molar refractivity (Wildman–Crippen MR) is 74.6 cm³/mol. The molecule has 0 aromatic carbocycles. The first-order valence-electron chi connectivity index (χ1n) is 6.68. The van der Waals surface area contributed by atoms with Crippen LogP contribution in [0.5, 0.6) is 5.75 Å². The molecule has 0 saturated carbocycles. The number of sulfonamides is 1. The van der Waals surface area contributed by atoms with Gasteiger partial charge in [-0.3, -0.25) is 9.78 Å². The minimum absolute atomic E-state index is 0.0270. The molecule has 1 N–H and O–H groups in total. The average Bonchev–Trinajstić information content (AvgIpc) is 2.47. The van der Waals surface area contributed by atoms with Crippen molar-refractivity contribution in [3.63, 3.8) is 0 Å². The number of pyridine rings is 1. The highest BCUT2D eigenvalue weighted by Crippen LogP contribution is 2.28. The van der Waals surface area contributed by atoms with Crippen molar-refractivity contribution in [1.82, 2.24) is 9.29 Å². The monoisotopic (exact) mass is 314 g/mol. The van der Waals surface area contributed by atoms with E-state index >= 15 is 0 Å². The second-order valence-corrected chi connectivity index (χ2v) is 6.81. The molecular formula is C13H18N2O5S. The Kier molecular flexibility index (Phi) is 4.79. The number of rotatable bonds is 5. The molecular weight excluding hydrogens is 296 g/mol. The summed E-state index contributed by atoms with van der Waals surface area (Å²) in [5.74, 6) is -0.645. The van der Waals surface area contributed by atoms with Gasteiger partial charge in [-0.15, -0.1) is 0 Å². The van der Waals surface area contributed by atoms with E-state index in [1.54, 1.807) is 0 Å². The third-order valence-electron chi connectivity index (χ3n) is 3.51. The maximum absolute atomic E-state index is 12.7. The second kappa shape index (κ2) is 6.40. The normalized spacial score (nSPS) is 20.1. The smallest absolute Gasteiger partial charge is 0.304 e. The lowest BCUT2D eigenvalue weighted by molar-refractivity contribution is -0.138. The van der Waals surface area contributed by atoms with Crippen LogP contribution in [-0.2, 0) is 14.8 Å². The SMILES string of the molecule is COc1cncc(S(=O)(=O)N2CCCCC2CC(=O)O)c1. The first kappa shape index (κ1) is 15.7. The van der Waals surface area contributed by atoms with Crippen LogP contribution in [0.2, 0.25) is 0 Å². The summed E-state index contributed by atoms with van der Waals surface area (Å²) in [6.45, 7) is 0.331. The number of carbonyl (C=O) groups is 1. The lowest BCUT2D eigenvalue weighted by Crippen LogP contribution is -2.44. The minimum Gasteiger partial charge on any atom is -0.495 e. The largest absolute Gasteiger partial charge is 0.495 e. The number of methoxy groups -OCH3 is 1. The molecule has 1 aromatic heterocycles. The molecule has 1 saturated heterocycles. The Bertz CT molecular complexity index is 617. The number of carboxylic acids is 1. The van der Waals surface area contributed by atoms with Gasteiger partial charge in [0.05, 0.1) is 19.7 Å². The summed E-state index contributed by atoms with van der Waals surface area (Å²) >= 11 is 0. The van der Waals surface area contributed by atoms with Crippen molar-refractivity contribution in [2.24, 2.45) is 0 Å². The highest BCUT2D eigenvalue weighted by Gasteiger charge is 2.35. The van der Waals surface area contributed by atoms with E-state index in [1.165, 1.54) is 29.9 Å². The summed E-state index contributed by atoms with van der Waals surface area (Å²) in [6, 6.07) is 0.891. The third-order valence-corrected chi connectivity index (χ3v) is 5.43. The van der Waals surface area contributed by atoms with Gasteiger partial charge in [0.15, 0.2) is 0 Å². The van der Waals surface area contributed by atoms with Gasteiger partial charge in [0.1, 0.15) is 10.6 Å². The lowest BCUT2D eigenvalue weighted by atomic mass is 10.0. The zero-order valence-electron chi connectivity index (χ0n) is 11.7. The summed E-state index contributed by atoms with van der Waals surface area (Å²) < 4.78 is 31.6. The zero-order valence-corrected chi connectivity index (χ0v) is 12.5. The fourth-order valence-corrected chi connectivity index (χ4v) is 4.15. The molecule has 0 aliphatic carbocycles. The Morgan fingerprint density at radius 1 is 1.48 bits per heavy atom. The Hall–Kier alpha value is -1.67. The van der Waals surface area contributed by atoms with Crippen molar-refractivity contribution in [3.8, 4) is 5.75 Å². The van der Waals surface area contributed by atoms with Crippen LogP contribution in [0.15, 0.2) is 23.4 Å². The van der Waals surface area contributed by atoms with Crippen LogP contribution in [0.25, 0.3) is 0 Å². The molecule has 2 heterocycles. The fraction of sp³-hybridized carbons (Fsp3) is 0.538. The van der Waals surface area contributed by atoms with Gasteiger partial charge in [0, 0.05) is 24.8 Å². The minimum atomic E-state index is -3.76. The van der Waals surface area contributed by atoms with Crippen LogP contribution in [0.1, 0.15) is 25.7 Å². The van der Waals surface area contributed by atoms with Gasteiger partial charge in [-0.1, -0.05) is 6.42 Å². The zero-order chi connectivity index (χ0) is 15.5. The van der Waals surface area contributed by atoms with Gasteiger partial charge >= 0.3 is 5.97 Å². The van der Waals surface area contributed by atoms with Crippen LogP contribution >= 0.6 is 0 Å². The third kappa shape index (κ3) is 3.51. The van der Waals surface area contributed by atoms with E-state index in [-0.39, 0.29) is 11.3 Å². The Balaban J connectivity index is 2.33. The van der Waals surface area contributed by atoms with Crippen LogP contribution in [0, 0.1) is 0 Å². The van der Waals surface area contributed by atoms with Crippen LogP contribution in [-0.4, -0.2) is 48.5 Å². The second-order valence-electron chi connectivity index (χ2n) is 4.92. The molecule has 116 valence electrons. The fourth-order valence-electron chi connectivity index (χ4n) is 2.48. The number of aromatic nitrogens is 1. The summed E-state index contributed by atoms with van der Waals surface area (Å²) in [7, 11) is -2.33. The number of hydrogen-bond donors (Lipinski definition) is 1. The highest BCUT2D eigenvalue weighted by atomic mass is 32.2. The van der Waals surface area contributed by atoms with Crippen molar-refractivity contribution in [3.05, 3.63) is 18.5 Å². The molecule has 0 spiro atoms. The first-order valence-corrected chi connectivity index (χ1v) is 8.12. The molecule has 0 radical (unpaired) electrons.